The number of carbonyl (C=O) groups excluding carboxylic acids is 2. The molecule has 0 radical (unpaired) electrons. The molecule has 6 nitrogen and oxygen atoms in total. The van der Waals surface area contributed by atoms with Crippen LogP contribution in [0.25, 0.3) is 11.1 Å². The quantitative estimate of drug-likeness (QED) is 0.605. The zero-order valence-electron chi connectivity index (χ0n) is 14.2. The topological polar surface area (TPSA) is 86.7 Å². The number of benzene rings is 2. The lowest BCUT2D eigenvalue weighted by molar-refractivity contribution is -0.134. The molecule has 0 unspecified atom stereocenters. The Bertz CT molecular complexity index is 1020. The van der Waals surface area contributed by atoms with Crippen LogP contribution in [-0.2, 0) is 24.2 Å². The molecule has 2 aromatic rings. The molecule has 0 aromatic heterocycles. The molecule has 2 aromatic carbocycles. The maximum absolute atomic E-state index is 12.2. The third-order valence-electron chi connectivity index (χ3n) is 3.87. The molecule has 0 amide bonds. The van der Waals surface area contributed by atoms with Gasteiger partial charge in [-0.15, -0.1) is 0 Å². The number of esters is 2. The molecule has 0 fully saturated rings. The molecule has 0 N–H and O–H groups in total. The van der Waals surface area contributed by atoms with Crippen LogP contribution in [-0.4, -0.2) is 33.2 Å². The minimum Gasteiger partial charge on any atom is -0.457 e. The van der Waals surface area contributed by atoms with Gasteiger partial charge in [-0.2, -0.15) is 0 Å². The van der Waals surface area contributed by atoms with E-state index in [1.807, 2.05) is 0 Å². The van der Waals surface area contributed by atoms with Crippen LogP contribution in [0, 0.1) is 0 Å². The van der Waals surface area contributed by atoms with Crippen LogP contribution in [0.1, 0.15) is 18.1 Å². The van der Waals surface area contributed by atoms with Gasteiger partial charge in [0.15, 0.2) is 9.84 Å². The van der Waals surface area contributed by atoms with E-state index < -0.39 is 21.8 Å². The second-order valence-corrected chi connectivity index (χ2v) is 7.86. The standard InChI is InChI=1S/C19H16O6S/c1-12(20)25-15-5-3-4-14(10-15)18-17(11-24-19(18)21)13-6-8-16(9-7-13)26(2,22)23/h3-10H,11H2,1-2H3. The molecule has 0 spiro atoms. The lowest BCUT2D eigenvalue weighted by atomic mass is 9.96. The van der Waals surface area contributed by atoms with Gasteiger partial charge in [-0.05, 0) is 35.4 Å². The van der Waals surface area contributed by atoms with Crippen molar-refractivity contribution in [3.8, 4) is 5.75 Å². The Morgan fingerprint density at radius 1 is 1.08 bits per heavy atom. The van der Waals surface area contributed by atoms with Crippen LogP contribution < -0.4 is 4.74 Å². The molecule has 1 aliphatic heterocycles. The number of cyclic esters (lactones) is 1. The van der Waals surface area contributed by atoms with Crippen LogP contribution >= 0.6 is 0 Å². The lowest BCUT2D eigenvalue weighted by Gasteiger charge is -2.07. The van der Waals surface area contributed by atoms with E-state index in [4.69, 9.17) is 9.47 Å². The molecule has 1 aliphatic rings. The Labute approximate surface area is 151 Å². The van der Waals surface area contributed by atoms with Gasteiger partial charge in [-0.25, -0.2) is 13.2 Å². The average Bonchev–Trinajstić information content (AvgIpc) is 2.95. The zero-order chi connectivity index (χ0) is 18.9. The summed E-state index contributed by atoms with van der Waals surface area (Å²) in [5, 5.41) is 0. The highest BCUT2D eigenvalue weighted by atomic mass is 32.2. The SMILES string of the molecule is CC(=O)Oc1cccc(C2=C(c3ccc(S(C)(=O)=O)cc3)COC2=O)c1. The van der Waals surface area contributed by atoms with E-state index in [0.29, 0.717) is 28.0 Å². The van der Waals surface area contributed by atoms with Crippen molar-refractivity contribution in [2.24, 2.45) is 0 Å². The summed E-state index contributed by atoms with van der Waals surface area (Å²) >= 11 is 0. The molecule has 7 heteroatoms. The zero-order valence-corrected chi connectivity index (χ0v) is 15.0. The maximum Gasteiger partial charge on any atom is 0.339 e. The Morgan fingerprint density at radius 3 is 2.38 bits per heavy atom. The van der Waals surface area contributed by atoms with E-state index in [1.54, 1.807) is 36.4 Å². The van der Waals surface area contributed by atoms with Crippen LogP contribution in [0.4, 0.5) is 0 Å². The monoisotopic (exact) mass is 372 g/mol. The third-order valence-corrected chi connectivity index (χ3v) is 5.00. The van der Waals surface area contributed by atoms with Crippen molar-refractivity contribution in [1.82, 2.24) is 0 Å². The van der Waals surface area contributed by atoms with E-state index in [9.17, 15) is 18.0 Å². The van der Waals surface area contributed by atoms with E-state index in [0.717, 1.165) is 6.26 Å². The van der Waals surface area contributed by atoms with E-state index in [1.165, 1.54) is 19.1 Å². The minimum atomic E-state index is -3.30. The Morgan fingerprint density at radius 2 is 1.77 bits per heavy atom. The van der Waals surface area contributed by atoms with Crippen LogP contribution in [0.3, 0.4) is 0 Å². The lowest BCUT2D eigenvalue weighted by Crippen LogP contribution is -2.03. The molecule has 0 saturated carbocycles. The molecule has 0 atom stereocenters. The van der Waals surface area contributed by atoms with Crippen molar-refractivity contribution < 1.29 is 27.5 Å². The predicted molar refractivity (Wildman–Crippen MR) is 95.1 cm³/mol. The summed E-state index contributed by atoms with van der Waals surface area (Å²) in [7, 11) is -3.30. The van der Waals surface area contributed by atoms with Crippen molar-refractivity contribution >= 4 is 32.9 Å². The predicted octanol–water partition coefficient (Wildman–Crippen LogP) is 2.48. The van der Waals surface area contributed by atoms with E-state index in [2.05, 4.69) is 0 Å². The molecule has 0 bridgehead atoms. The number of ether oxygens (including phenoxy) is 2. The summed E-state index contributed by atoms with van der Waals surface area (Å²) in [4.78, 5) is 23.6. The van der Waals surface area contributed by atoms with Gasteiger partial charge < -0.3 is 9.47 Å². The molecule has 3 rings (SSSR count). The average molecular weight is 372 g/mol. The summed E-state index contributed by atoms with van der Waals surface area (Å²) < 4.78 is 33.4. The van der Waals surface area contributed by atoms with Gasteiger partial charge in [0.25, 0.3) is 0 Å². The molecule has 0 aliphatic carbocycles. The number of hydrogen-bond acceptors (Lipinski definition) is 6. The van der Waals surface area contributed by atoms with Gasteiger partial charge in [0.2, 0.25) is 0 Å². The number of rotatable bonds is 4. The van der Waals surface area contributed by atoms with Gasteiger partial charge in [0, 0.05) is 18.8 Å². The molecular weight excluding hydrogens is 356 g/mol. The molecule has 26 heavy (non-hydrogen) atoms. The minimum absolute atomic E-state index is 0.0875. The molecule has 134 valence electrons. The van der Waals surface area contributed by atoms with Gasteiger partial charge in [-0.1, -0.05) is 24.3 Å². The second kappa shape index (κ2) is 6.76. The fraction of sp³-hybridized carbons (Fsp3) is 0.158. The van der Waals surface area contributed by atoms with Gasteiger partial charge >= 0.3 is 11.9 Å². The van der Waals surface area contributed by atoms with E-state index in [-0.39, 0.29) is 11.5 Å². The number of sulfone groups is 1. The normalized spacial score (nSPS) is 14.3. The first kappa shape index (κ1) is 17.9. The summed E-state index contributed by atoms with van der Waals surface area (Å²) in [6, 6.07) is 12.9. The third kappa shape index (κ3) is 3.67. The van der Waals surface area contributed by atoms with Crippen LogP contribution in [0.2, 0.25) is 0 Å². The van der Waals surface area contributed by atoms with Crippen molar-refractivity contribution in [3.05, 3.63) is 59.7 Å². The van der Waals surface area contributed by atoms with Gasteiger partial charge in [0.1, 0.15) is 12.4 Å². The molecule has 0 saturated heterocycles. The van der Waals surface area contributed by atoms with Crippen LogP contribution in [0.5, 0.6) is 5.75 Å². The van der Waals surface area contributed by atoms with Crippen molar-refractivity contribution in [3.63, 3.8) is 0 Å². The van der Waals surface area contributed by atoms with Crippen molar-refractivity contribution in [2.45, 2.75) is 11.8 Å². The highest BCUT2D eigenvalue weighted by Crippen LogP contribution is 2.34. The largest absolute Gasteiger partial charge is 0.457 e. The Balaban J connectivity index is 2.06. The number of carbonyl (C=O) groups is 2. The molecular formula is C19H16O6S. The number of hydrogen-bond donors (Lipinski definition) is 0. The maximum atomic E-state index is 12.2. The first-order chi connectivity index (χ1) is 12.3. The first-order valence-electron chi connectivity index (χ1n) is 7.75. The smallest absolute Gasteiger partial charge is 0.339 e. The highest BCUT2D eigenvalue weighted by molar-refractivity contribution is 7.90. The van der Waals surface area contributed by atoms with Crippen LogP contribution in [0.15, 0.2) is 53.4 Å². The fourth-order valence-electron chi connectivity index (χ4n) is 2.71. The summed E-state index contributed by atoms with van der Waals surface area (Å²) in [6.45, 7) is 1.38. The van der Waals surface area contributed by atoms with Crippen molar-refractivity contribution in [1.29, 1.82) is 0 Å². The summed E-state index contributed by atoms with van der Waals surface area (Å²) in [5.74, 6) is -0.608. The Hall–Kier alpha value is -2.93. The summed E-state index contributed by atoms with van der Waals surface area (Å²) in [6.07, 6.45) is 1.13. The van der Waals surface area contributed by atoms with Crippen molar-refractivity contribution in [2.75, 3.05) is 12.9 Å². The second-order valence-electron chi connectivity index (χ2n) is 5.85. The van der Waals surface area contributed by atoms with Gasteiger partial charge in [-0.3, -0.25) is 4.79 Å². The first-order valence-corrected chi connectivity index (χ1v) is 9.64. The molecule has 1 heterocycles. The Kier molecular flexibility index (Phi) is 4.65. The van der Waals surface area contributed by atoms with Gasteiger partial charge in [0.05, 0.1) is 10.5 Å². The fourth-order valence-corrected chi connectivity index (χ4v) is 3.34. The summed E-state index contributed by atoms with van der Waals surface area (Å²) in [5.41, 5.74) is 2.27. The highest BCUT2D eigenvalue weighted by Gasteiger charge is 2.27. The van der Waals surface area contributed by atoms with E-state index >= 15 is 0 Å².